The number of hydrogen-bond donors (Lipinski definition) is 3. The molecule has 4 aliphatic rings. The molecule has 1 saturated heterocycles. The van der Waals surface area contributed by atoms with Crippen LogP contribution in [0.4, 0.5) is 10.1 Å². The number of fused-ring (bicyclic) bond motifs is 2. The van der Waals surface area contributed by atoms with E-state index in [4.69, 9.17) is 15.3 Å². The van der Waals surface area contributed by atoms with Crippen molar-refractivity contribution in [2.45, 2.75) is 64.8 Å². The number of nitrogens with two attached hydrogens (primary N) is 1. The Kier molecular flexibility index (Phi) is 13.2. The third kappa shape index (κ3) is 8.95. The van der Waals surface area contributed by atoms with E-state index in [9.17, 15) is 14.7 Å². The monoisotopic (exact) mass is 784 g/mol. The minimum atomic E-state index is -0.990. The van der Waals surface area contributed by atoms with Gasteiger partial charge < -0.3 is 30.7 Å². The summed E-state index contributed by atoms with van der Waals surface area (Å²) in [6.07, 6.45) is 3.98. The topological polar surface area (TPSA) is 133 Å². The molecule has 1 aliphatic heterocycles. The standard InChI is InChI=1S/C45H61FN6O5/c1-27-31(18-32-21-38(27)45(32,2)3)23-48-44(55)41-37(26-53)40(22-47)57-52(41)25-36-39(46)15-14-35(42(36)56-8)29-17-30(20-34(19-29)51(6)7)43(54)49-33(24-50(4)5)16-28-12-10-9-11-13-28/h9-15,17,19-20,23,27,31-33,37-38,40-41,53H,16,18,21-22,24-26,47H2,1-8H3,(H,49,54)/t27-,31?,32+,33+,37-,38+,40+,41+/m1/s1. The van der Waals surface area contributed by atoms with Crippen LogP contribution in [0.15, 0.2) is 65.7 Å². The summed E-state index contributed by atoms with van der Waals surface area (Å²) in [7, 11) is 9.21. The molecule has 8 atom stereocenters. The molecule has 11 nitrogen and oxygen atoms in total. The van der Waals surface area contributed by atoms with Crippen LogP contribution < -0.4 is 20.7 Å². The quantitative estimate of drug-likeness (QED) is 0.173. The van der Waals surface area contributed by atoms with Gasteiger partial charge in [-0.05, 0) is 104 Å². The number of aliphatic hydroxyl groups is 1. The van der Waals surface area contributed by atoms with Crippen molar-refractivity contribution in [2.24, 2.45) is 45.7 Å². The lowest BCUT2D eigenvalue weighted by molar-refractivity contribution is -0.172. The average Bonchev–Trinajstić information content (AvgIpc) is 3.54. The first-order valence-corrected chi connectivity index (χ1v) is 20.2. The van der Waals surface area contributed by atoms with Crippen LogP contribution in [0.1, 0.15) is 55.1 Å². The highest BCUT2D eigenvalue weighted by Crippen LogP contribution is 2.62. The number of nitrogens with zero attached hydrogens (tertiary/aromatic N) is 4. The molecule has 3 saturated carbocycles. The molecule has 1 unspecified atom stereocenters. The van der Waals surface area contributed by atoms with Crippen LogP contribution in [0, 0.1) is 40.8 Å². The fourth-order valence-corrected chi connectivity index (χ4v) is 9.54. The van der Waals surface area contributed by atoms with Gasteiger partial charge in [-0.2, -0.15) is 5.06 Å². The Hall–Kier alpha value is -4.20. The Bertz CT molecular complexity index is 1920. The smallest absolute Gasteiger partial charge is 0.265 e. The molecule has 2 amide bonds. The summed E-state index contributed by atoms with van der Waals surface area (Å²) < 4.78 is 22.0. The molecule has 0 radical (unpaired) electrons. The number of ether oxygens (including phenoxy) is 1. The zero-order chi connectivity index (χ0) is 41.2. The van der Waals surface area contributed by atoms with Gasteiger partial charge in [0.25, 0.3) is 11.8 Å². The van der Waals surface area contributed by atoms with Gasteiger partial charge in [0.1, 0.15) is 17.6 Å². The second-order valence-corrected chi connectivity index (χ2v) is 17.4. The number of carbonyl (C=O) groups is 2. The molecule has 0 spiro atoms. The lowest BCUT2D eigenvalue weighted by Crippen LogP contribution is -2.55. The first-order valence-electron chi connectivity index (χ1n) is 20.2. The number of carbonyl (C=O) groups excluding carboxylic acids is 2. The second-order valence-electron chi connectivity index (χ2n) is 17.4. The van der Waals surface area contributed by atoms with Gasteiger partial charge in [0.2, 0.25) is 0 Å². The summed E-state index contributed by atoms with van der Waals surface area (Å²) in [6, 6.07) is 17.4. The lowest BCUT2D eigenvalue weighted by Gasteiger charge is -2.61. The summed E-state index contributed by atoms with van der Waals surface area (Å²) in [5.74, 6) is 0.0999. The van der Waals surface area contributed by atoms with Gasteiger partial charge in [0, 0.05) is 67.7 Å². The minimum Gasteiger partial charge on any atom is -0.496 e. The number of nitrogens with one attached hydrogen (secondary N) is 1. The lowest BCUT2D eigenvalue weighted by atomic mass is 9.43. The fraction of sp³-hybridized carbons (Fsp3) is 0.533. The van der Waals surface area contributed by atoms with Crippen LogP contribution in [-0.4, -0.2) is 106 Å². The first-order chi connectivity index (χ1) is 27.2. The molecule has 4 fully saturated rings. The normalized spacial score (nSPS) is 26.0. The molecule has 3 aliphatic carbocycles. The van der Waals surface area contributed by atoms with Crippen LogP contribution >= 0.6 is 0 Å². The summed E-state index contributed by atoms with van der Waals surface area (Å²) in [4.78, 5) is 42.6. The fourth-order valence-electron chi connectivity index (χ4n) is 9.54. The Morgan fingerprint density at radius 1 is 1.12 bits per heavy atom. The van der Waals surface area contributed by atoms with Crippen LogP contribution in [0.2, 0.25) is 0 Å². The number of aliphatic hydroxyl groups excluding tert-OH is 1. The predicted octanol–water partition coefficient (Wildman–Crippen LogP) is 5.44. The summed E-state index contributed by atoms with van der Waals surface area (Å²) >= 11 is 0. The number of hydrogen-bond acceptors (Lipinski definition) is 9. The molecule has 12 heteroatoms. The van der Waals surface area contributed by atoms with Crippen molar-refractivity contribution >= 4 is 23.7 Å². The van der Waals surface area contributed by atoms with E-state index in [1.165, 1.54) is 24.7 Å². The molecule has 0 aromatic heterocycles. The Morgan fingerprint density at radius 2 is 1.86 bits per heavy atom. The number of hydroxylamine groups is 2. The molecular weight excluding hydrogens is 724 g/mol. The van der Waals surface area contributed by atoms with Crippen molar-refractivity contribution in [1.82, 2.24) is 15.3 Å². The van der Waals surface area contributed by atoms with Crippen LogP contribution in [0.25, 0.3) is 11.1 Å². The van der Waals surface area contributed by atoms with Crippen molar-refractivity contribution in [1.29, 1.82) is 0 Å². The van der Waals surface area contributed by atoms with E-state index in [1.807, 2.05) is 68.3 Å². The van der Waals surface area contributed by atoms with Gasteiger partial charge >= 0.3 is 0 Å². The van der Waals surface area contributed by atoms with E-state index in [1.54, 1.807) is 18.3 Å². The Balaban J connectivity index is 1.29. The maximum absolute atomic E-state index is 16.0. The van der Waals surface area contributed by atoms with Crippen molar-refractivity contribution in [3.8, 4) is 16.9 Å². The SMILES string of the molecule is COc1c(-c2cc(C(=O)N[C@@H](Cc3ccccc3)CN(C)C)cc(N(C)C)c2)ccc(F)c1CN1O[C@@H](CN)[C@@H](CO)[C@H]1C(=O)N=CC1C[C@H]2C[C@@H]([C@@H]1C)C2(C)C. The summed E-state index contributed by atoms with van der Waals surface area (Å²) in [5.41, 5.74) is 10.1. The average molecular weight is 785 g/mol. The number of rotatable bonds is 15. The highest BCUT2D eigenvalue weighted by Gasteiger charge is 2.56. The molecule has 2 bridgehead atoms. The molecule has 3 aromatic rings. The molecule has 57 heavy (non-hydrogen) atoms. The van der Waals surface area contributed by atoms with Gasteiger partial charge in [-0.1, -0.05) is 51.1 Å². The number of benzene rings is 3. The van der Waals surface area contributed by atoms with Crippen LogP contribution in [-0.2, 0) is 22.6 Å². The van der Waals surface area contributed by atoms with Crippen molar-refractivity contribution < 1.29 is 28.7 Å². The number of likely N-dealkylation sites (N-methyl/N-ethyl adjacent to an activating group) is 1. The van der Waals surface area contributed by atoms with E-state index in [2.05, 4.69) is 43.2 Å². The van der Waals surface area contributed by atoms with Crippen molar-refractivity contribution in [2.75, 3.05) is 59.9 Å². The van der Waals surface area contributed by atoms with Crippen molar-refractivity contribution in [3.05, 3.63) is 83.2 Å². The van der Waals surface area contributed by atoms with E-state index >= 15 is 4.39 Å². The molecule has 3 aromatic carbocycles. The van der Waals surface area contributed by atoms with E-state index in [0.29, 0.717) is 52.8 Å². The van der Waals surface area contributed by atoms with E-state index in [-0.39, 0.29) is 48.9 Å². The van der Waals surface area contributed by atoms with E-state index in [0.717, 1.165) is 17.7 Å². The first kappa shape index (κ1) is 42.4. The summed E-state index contributed by atoms with van der Waals surface area (Å²) in [5, 5.41) is 15.1. The van der Waals surface area contributed by atoms with Gasteiger partial charge in [0.15, 0.2) is 0 Å². The molecular formula is C45H61FN6O5. The third-order valence-corrected chi connectivity index (χ3v) is 12.9. The minimum absolute atomic E-state index is 0.0515. The van der Waals surface area contributed by atoms with Gasteiger partial charge in [0.05, 0.1) is 26.4 Å². The molecule has 308 valence electrons. The highest BCUT2D eigenvalue weighted by atomic mass is 19.1. The number of anilines is 1. The second kappa shape index (κ2) is 17.7. The number of amides is 2. The van der Waals surface area contributed by atoms with Gasteiger partial charge in [-0.15, -0.1) is 0 Å². The maximum Gasteiger partial charge on any atom is 0.265 e. The zero-order valence-electron chi connectivity index (χ0n) is 34.7. The zero-order valence-corrected chi connectivity index (χ0v) is 34.7. The number of aliphatic imine (C=N–C) groups is 1. The Labute approximate surface area is 337 Å². The molecule has 4 N–H and O–H groups in total. The largest absolute Gasteiger partial charge is 0.496 e. The molecule has 7 rings (SSSR count). The number of halogens is 1. The van der Waals surface area contributed by atoms with Gasteiger partial charge in [-0.3, -0.25) is 14.4 Å². The van der Waals surface area contributed by atoms with Crippen LogP contribution in [0.3, 0.4) is 0 Å². The Morgan fingerprint density at radius 3 is 2.47 bits per heavy atom. The van der Waals surface area contributed by atoms with E-state index < -0.39 is 29.8 Å². The van der Waals surface area contributed by atoms with Crippen molar-refractivity contribution in [3.63, 3.8) is 0 Å². The number of methoxy groups -OCH3 is 1. The van der Waals surface area contributed by atoms with Gasteiger partial charge in [-0.25, -0.2) is 9.38 Å². The highest BCUT2D eigenvalue weighted by molar-refractivity contribution is 5.97. The predicted molar refractivity (Wildman–Crippen MR) is 223 cm³/mol. The maximum atomic E-state index is 16.0. The molecule has 1 heterocycles. The van der Waals surface area contributed by atoms with Crippen LogP contribution in [0.5, 0.6) is 5.75 Å². The third-order valence-electron chi connectivity index (χ3n) is 12.9. The summed E-state index contributed by atoms with van der Waals surface area (Å²) in [6.45, 7) is 7.08.